The van der Waals surface area contributed by atoms with Gasteiger partial charge in [0.05, 0.1) is 12.5 Å². The van der Waals surface area contributed by atoms with Crippen LogP contribution in [0, 0.1) is 11.8 Å². The predicted octanol–water partition coefficient (Wildman–Crippen LogP) is 1.82. The van der Waals surface area contributed by atoms with Crippen LogP contribution in [0.3, 0.4) is 0 Å². The smallest absolute Gasteiger partial charge is 0.308 e. The fraction of sp³-hybridized carbons (Fsp3) is 0.800. The molecule has 4 heteroatoms. The third-order valence-corrected chi connectivity index (χ3v) is 2.67. The van der Waals surface area contributed by atoms with Crippen LogP contribution in [-0.2, 0) is 9.53 Å². The molecule has 0 spiro atoms. The summed E-state index contributed by atoms with van der Waals surface area (Å²) in [5, 5.41) is 11.4. The molecule has 1 saturated carbocycles. The van der Waals surface area contributed by atoms with Gasteiger partial charge >= 0.3 is 5.97 Å². The number of ether oxygens (including phenoxy) is 1. The Morgan fingerprint density at radius 3 is 2.64 bits per heavy atom. The first-order valence-electron chi connectivity index (χ1n) is 5.12. The monoisotopic (exact) mass is 199 g/mol. The summed E-state index contributed by atoms with van der Waals surface area (Å²) in [4.78, 5) is 11.4. The van der Waals surface area contributed by atoms with Crippen molar-refractivity contribution in [3.05, 3.63) is 0 Å². The average Bonchev–Trinajstić information content (AvgIpc) is 2.20. The van der Waals surface area contributed by atoms with Crippen molar-refractivity contribution in [3.63, 3.8) is 0 Å². The largest absolute Gasteiger partial charge is 0.466 e. The van der Waals surface area contributed by atoms with Crippen LogP contribution in [0.1, 0.15) is 32.6 Å². The Labute approximate surface area is 83.9 Å². The number of oxime groups is 1. The fourth-order valence-corrected chi connectivity index (χ4v) is 1.86. The summed E-state index contributed by atoms with van der Waals surface area (Å²) in [6.07, 6.45) is 5.06. The summed E-state index contributed by atoms with van der Waals surface area (Å²) in [5.74, 6) is 0.302. The number of nitrogens with zero attached hydrogens (tertiary/aromatic N) is 1. The van der Waals surface area contributed by atoms with Crippen molar-refractivity contribution in [1.82, 2.24) is 0 Å². The van der Waals surface area contributed by atoms with Crippen LogP contribution in [0.2, 0.25) is 0 Å². The van der Waals surface area contributed by atoms with Gasteiger partial charge in [0, 0.05) is 6.21 Å². The van der Waals surface area contributed by atoms with Gasteiger partial charge in [-0.05, 0) is 38.5 Å². The summed E-state index contributed by atoms with van der Waals surface area (Å²) in [5.41, 5.74) is 0. The van der Waals surface area contributed by atoms with Crippen molar-refractivity contribution in [3.8, 4) is 0 Å². The van der Waals surface area contributed by atoms with Crippen LogP contribution in [0.25, 0.3) is 0 Å². The zero-order chi connectivity index (χ0) is 10.4. The quantitative estimate of drug-likeness (QED) is 0.326. The highest BCUT2D eigenvalue weighted by Crippen LogP contribution is 2.28. The summed E-state index contributed by atoms with van der Waals surface area (Å²) in [6.45, 7) is 2.28. The number of carbonyl (C=O) groups excluding carboxylic acids is 1. The van der Waals surface area contributed by atoms with Crippen LogP contribution in [0.5, 0.6) is 0 Å². The van der Waals surface area contributed by atoms with Gasteiger partial charge in [0.15, 0.2) is 0 Å². The number of hydrogen-bond acceptors (Lipinski definition) is 4. The Morgan fingerprint density at radius 2 is 2.14 bits per heavy atom. The van der Waals surface area contributed by atoms with Crippen molar-refractivity contribution < 1.29 is 14.7 Å². The molecule has 0 atom stereocenters. The van der Waals surface area contributed by atoms with E-state index in [9.17, 15) is 4.79 Å². The van der Waals surface area contributed by atoms with Crippen LogP contribution in [0.4, 0.5) is 0 Å². The van der Waals surface area contributed by atoms with E-state index in [-0.39, 0.29) is 11.9 Å². The summed E-state index contributed by atoms with van der Waals surface area (Å²) in [6, 6.07) is 0. The zero-order valence-corrected chi connectivity index (χ0v) is 8.48. The van der Waals surface area contributed by atoms with E-state index in [1.807, 2.05) is 6.92 Å². The van der Waals surface area contributed by atoms with Gasteiger partial charge in [-0.2, -0.15) is 0 Å². The number of esters is 1. The van der Waals surface area contributed by atoms with Crippen LogP contribution in [-0.4, -0.2) is 24.0 Å². The normalized spacial score (nSPS) is 27.8. The van der Waals surface area contributed by atoms with Crippen molar-refractivity contribution in [2.45, 2.75) is 32.6 Å². The molecule has 0 saturated heterocycles. The van der Waals surface area contributed by atoms with Crippen molar-refractivity contribution in [2.24, 2.45) is 17.0 Å². The molecule has 0 radical (unpaired) electrons. The molecule has 80 valence electrons. The highest BCUT2D eigenvalue weighted by molar-refractivity contribution is 5.73. The maximum absolute atomic E-state index is 11.4. The molecule has 14 heavy (non-hydrogen) atoms. The third kappa shape index (κ3) is 3.01. The summed E-state index contributed by atoms with van der Waals surface area (Å²) >= 11 is 0. The van der Waals surface area contributed by atoms with Gasteiger partial charge in [-0.15, -0.1) is 5.16 Å². The highest BCUT2D eigenvalue weighted by Gasteiger charge is 2.26. The zero-order valence-electron chi connectivity index (χ0n) is 8.48. The van der Waals surface area contributed by atoms with Crippen molar-refractivity contribution in [1.29, 1.82) is 0 Å². The van der Waals surface area contributed by atoms with Gasteiger partial charge in [-0.3, -0.25) is 4.79 Å². The molecule has 0 amide bonds. The minimum atomic E-state index is -0.0770. The van der Waals surface area contributed by atoms with E-state index in [1.165, 1.54) is 0 Å². The lowest BCUT2D eigenvalue weighted by Crippen LogP contribution is -2.24. The summed E-state index contributed by atoms with van der Waals surface area (Å²) < 4.78 is 4.95. The van der Waals surface area contributed by atoms with E-state index in [4.69, 9.17) is 9.94 Å². The Morgan fingerprint density at radius 1 is 1.50 bits per heavy atom. The molecule has 1 N–H and O–H groups in total. The van der Waals surface area contributed by atoms with E-state index in [0.29, 0.717) is 12.5 Å². The Balaban J connectivity index is 2.31. The maximum atomic E-state index is 11.4. The topological polar surface area (TPSA) is 58.9 Å². The molecule has 1 fully saturated rings. The molecule has 1 rings (SSSR count). The molecule has 0 bridgehead atoms. The molecule has 0 heterocycles. The molecular weight excluding hydrogens is 182 g/mol. The van der Waals surface area contributed by atoms with Gasteiger partial charge in [0.2, 0.25) is 0 Å². The minimum absolute atomic E-state index is 0.0540. The highest BCUT2D eigenvalue weighted by atomic mass is 16.5. The van der Waals surface area contributed by atoms with E-state index in [0.717, 1.165) is 25.7 Å². The van der Waals surface area contributed by atoms with Gasteiger partial charge < -0.3 is 9.94 Å². The predicted molar refractivity (Wildman–Crippen MR) is 52.4 cm³/mol. The SMILES string of the molecule is CCOC(=O)C1CCC(/C=N/O)CC1. The molecule has 0 aromatic rings. The Bertz CT molecular complexity index is 207. The lowest BCUT2D eigenvalue weighted by Gasteiger charge is -2.24. The molecular formula is C10H17NO3. The second-order valence-corrected chi connectivity index (χ2v) is 3.63. The second-order valence-electron chi connectivity index (χ2n) is 3.63. The first-order chi connectivity index (χ1) is 6.77. The molecule has 0 aromatic heterocycles. The van der Waals surface area contributed by atoms with E-state index in [2.05, 4.69) is 5.16 Å². The molecule has 0 unspecified atom stereocenters. The molecule has 1 aliphatic carbocycles. The first-order valence-corrected chi connectivity index (χ1v) is 5.12. The van der Waals surface area contributed by atoms with Crippen LogP contribution < -0.4 is 0 Å². The maximum Gasteiger partial charge on any atom is 0.308 e. The summed E-state index contributed by atoms with van der Waals surface area (Å²) in [7, 11) is 0. The molecule has 4 nitrogen and oxygen atoms in total. The van der Waals surface area contributed by atoms with Crippen molar-refractivity contribution >= 4 is 12.2 Å². The standard InChI is InChI=1S/C10H17NO3/c1-2-14-10(12)9-5-3-8(4-6-9)7-11-13/h7-9,13H,2-6H2,1H3/b11-7+. The molecule has 1 aliphatic rings. The average molecular weight is 199 g/mol. The number of carbonyl (C=O) groups is 1. The Kier molecular flexibility index (Phi) is 4.43. The second kappa shape index (κ2) is 5.62. The van der Waals surface area contributed by atoms with Crippen LogP contribution in [0.15, 0.2) is 5.16 Å². The number of hydrogen-bond donors (Lipinski definition) is 1. The lowest BCUT2D eigenvalue weighted by molar-refractivity contribution is -0.149. The van der Waals surface area contributed by atoms with Gasteiger partial charge in [-0.25, -0.2) is 0 Å². The number of rotatable bonds is 3. The van der Waals surface area contributed by atoms with Gasteiger partial charge in [0.1, 0.15) is 0 Å². The first kappa shape index (κ1) is 11.0. The van der Waals surface area contributed by atoms with E-state index >= 15 is 0 Å². The minimum Gasteiger partial charge on any atom is -0.466 e. The van der Waals surface area contributed by atoms with Gasteiger partial charge in [0.25, 0.3) is 0 Å². The lowest BCUT2D eigenvalue weighted by atomic mass is 9.83. The van der Waals surface area contributed by atoms with Crippen molar-refractivity contribution in [2.75, 3.05) is 6.61 Å². The molecule has 0 aliphatic heterocycles. The fourth-order valence-electron chi connectivity index (χ4n) is 1.86. The third-order valence-electron chi connectivity index (χ3n) is 2.67. The Hall–Kier alpha value is -1.06. The van der Waals surface area contributed by atoms with Gasteiger partial charge in [-0.1, -0.05) is 0 Å². The molecule has 0 aromatic carbocycles. The van der Waals surface area contributed by atoms with E-state index < -0.39 is 0 Å². The van der Waals surface area contributed by atoms with Crippen LogP contribution >= 0.6 is 0 Å². The van der Waals surface area contributed by atoms with E-state index in [1.54, 1.807) is 6.21 Å².